The lowest BCUT2D eigenvalue weighted by Gasteiger charge is -1.97. The molecule has 0 aliphatic carbocycles. The molecule has 23 heavy (non-hydrogen) atoms. The van der Waals surface area contributed by atoms with Crippen LogP contribution >= 0.6 is 22.7 Å². The van der Waals surface area contributed by atoms with E-state index in [0.29, 0.717) is 10.6 Å². The molecule has 1 amide bonds. The molecule has 0 atom stereocenters. The molecule has 0 saturated heterocycles. The van der Waals surface area contributed by atoms with Crippen molar-refractivity contribution in [2.24, 2.45) is 0 Å². The Morgan fingerprint density at radius 3 is 2.74 bits per heavy atom. The molecule has 0 spiro atoms. The van der Waals surface area contributed by atoms with Crippen LogP contribution in [0.3, 0.4) is 0 Å². The van der Waals surface area contributed by atoms with Gasteiger partial charge in [0.1, 0.15) is 11.1 Å². The molecule has 0 unspecified atom stereocenters. The summed E-state index contributed by atoms with van der Waals surface area (Å²) in [6, 6.07) is 17.9. The number of nitrogens with one attached hydrogen (secondary N) is 1. The van der Waals surface area contributed by atoms with E-state index in [1.807, 2.05) is 36.4 Å². The summed E-state index contributed by atoms with van der Waals surface area (Å²) in [6.07, 6.45) is 3.27. The zero-order chi connectivity index (χ0) is 16.1. The number of hydrogen-bond acceptors (Lipinski definition) is 4. The standard InChI is InChI=1S/C18H12N2OS2/c19-12-14-10-11-22-18(14)20-17(21)9-7-15-6-8-16(23-15)13-4-2-1-3-5-13/h1-11H,(H,20,21)/b9-7+. The topological polar surface area (TPSA) is 52.9 Å². The van der Waals surface area contributed by atoms with Crippen molar-refractivity contribution in [2.75, 3.05) is 5.32 Å². The fraction of sp³-hybridized carbons (Fsp3) is 0. The predicted octanol–water partition coefficient (Wildman–Crippen LogP) is 5.00. The van der Waals surface area contributed by atoms with Gasteiger partial charge in [-0.15, -0.1) is 22.7 Å². The highest BCUT2D eigenvalue weighted by Gasteiger charge is 2.06. The largest absolute Gasteiger partial charge is 0.313 e. The van der Waals surface area contributed by atoms with Gasteiger partial charge in [0.15, 0.2) is 0 Å². The smallest absolute Gasteiger partial charge is 0.249 e. The number of amides is 1. The van der Waals surface area contributed by atoms with Gasteiger partial charge in [-0.05, 0) is 35.2 Å². The molecule has 0 bridgehead atoms. The molecular formula is C18H12N2OS2. The van der Waals surface area contributed by atoms with Gasteiger partial charge in [-0.2, -0.15) is 5.26 Å². The number of benzene rings is 1. The minimum absolute atomic E-state index is 0.237. The number of hydrogen-bond donors (Lipinski definition) is 1. The van der Waals surface area contributed by atoms with Crippen LogP contribution in [-0.2, 0) is 4.79 Å². The summed E-state index contributed by atoms with van der Waals surface area (Å²) in [6.45, 7) is 0. The first-order chi connectivity index (χ1) is 11.3. The summed E-state index contributed by atoms with van der Waals surface area (Å²) in [5, 5.41) is 14.0. The van der Waals surface area contributed by atoms with Gasteiger partial charge < -0.3 is 5.32 Å². The second kappa shape index (κ2) is 7.05. The van der Waals surface area contributed by atoms with Crippen LogP contribution in [0, 0.1) is 11.3 Å². The Morgan fingerprint density at radius 2 is 1.96 bits per heavy atom. The average Bonchev–Trinajstić information content (AvgIpc) is 3.23. The predicted molar refractivity (Wildman–Crippen MR) is 96.5 cm³/mol. The highest BCUT2D eigenvalue weighted by atomic mass is 32.1. The first-order valence-corrected chi connectivity index (χ1v) is 8.58. The number of rotatable bonds is 4. The number of anilines is 1. The number of carbonyl (C=O) groups excluding carboxylic acids is 1. The van der Waals surface area contributed by atoms with Gasteiger partial charge in [-0.25, -0.2) is 0 Å². The molecule has 112 valence electrons. The normalized spacial score (nSPS) is 10.6. The minimum atomic E-state index is -0.237. The Hall–Kier alpha value is -2.68. The summed E-state index contributed by atoms with van der Waals surface area (Å²) < 4.78 is 0. The van der Waals surface area contributed by atoms with Crippen molar-refractivity contribution in [3.63, 3.8) is 0 Å². The molecule has 3 nitrogen and oxygen atoms in total. The van der Waals surface area contributed by atoms with Crippen LogP contribution in [0.15, 0.2) is 60.0 Å². The molecule has 0 fully saturated rings. The maximum absolute atomic E-state index is 11.9. The van der Waals surface area contributed by atoms with Gasteiger partial charge in [0.05, 0.1) is 5.56 Å². The highest BCUT2D eigenvalue weighted by Crippen LogP contribution is 2.28. The minimum Gasteiger partial charge on any atom is -0.313 e. The Morgan fingerprint density at radius 1 is 1.13 bits per heavy atom. The van der Waals surface area contributed by atoms with Crippen molar-refractivity contribution in [3.8, 4) is 16.5 Å². The van der Waals surface area contributed by atoms with Gasteiger partial charge in [0.25, 0.3) is 0 Å². The van der Waals surface area contributed by atoms with Crippen molar-refractivity contribution in [2.45, 2.75) is 0 Å². The Balaban J connectivity index is 1.68. The SMILES string of the molecule is N#Cc1ccsc1NC(=O)/C=C/c1ccc(-c2ccccc2)s1. The second-order valence-corrected chi connectivity index (χ2v) is 6.70. The van der Waals surface area contributed by atoms with Crippen LogP contribution in [0.25, 0.3) is 16.5 Å². The van der Waals surface area contributed by atoms with E-state index in [0.717, 1.165) is 9.75 Å². The summed E-state index contributed by atoms with van der Waals surface area (Å²) in [5.74, 6) is -0.237. The maximum atomic E-state index is 11.9. The molecule has 0 radical (unpaired) electrons. The number of nitriles is 1. The average molecular weight is 336 g/mol. The Labute approximate surface area is 142 Å². The summed E-state index contributed by atoms with van der Waals surface area (Å²) >= 11 is 2.97. The first-order valence-electron chi connectivity index (χ1n) is 6.88. The molecule has 1 N–H and O–H groups in total. The number of thiophene rings is 2. The van der Waals surface area contributed by atoms with E-state index >= 15 is 0 Å². The lowest BCUT2D eigenvalue weighted by Crippen LogP contribution is -2.07. The van der Waals surface area contributed by atoms with Crippen molar-refractivity contribution in [1.82, 2.24) is 0 Å². The molecule has 1 aromatic carbocycles. The van der Waals surface area contributed by atoms with E-state index in [9.17, 15) is 4.79 Å². The first kappa shape index (κ1) is 15.2. The fourth-order valence-electron chi connectivity index (χ4n) is 2.01. The molecule has 3 aromatic rings. The third-order valence-electron chi connectivity index (χ3n) is 3.11. The van der Waals surface area contributed by atoms with Crippen molar-refractivity contribution >= 4 is 39.7 Å². The second-order valence-electron chi connectivity index (χ2n) is 4.67. The summed E-state index contributed by atoms with van der Waals surface area (Å²) in [7, 11) is 0. The van der Waals surface area contributed by atoms with E-state index < -0.39 is 0 Å². The quantitative estimate of drug-likeness (QED) is 0.682. The van der Waals surface area contributed by atoms with E-state index in [4.69, 9.17) is 5.26 Å². The van der Waals surface area contributed by atoms with E-state index in [-0.39, 0.29) is 5.91 Å². The molecular weight excluding hydrogens is 324 g/mol. The van der Waals surface area contributed by atoms with Gasteiger partial charge in [-0.3, -0.25) is 4.79 Å². The van der Waals surface area contributed by atoms with Crippen LogP contribution < -0.4 is 5.32 Å². The monoisotopic (exact) mass is 336 g/mol. The fourth-order valence-corrected chi connectivity index (χ4v) is 3.66. The summed E-state index contributed by atoms with van der Waals surface area (Å²) in [4.78, 5) is 14.1. The van der Waals surface area contributed by atoms with Crippen LogP contribution in [-0.4, -0.2) is 5.91 Å². The molecule has 0 aliphatic rings. The Bertz CT molecular complexity index is 885. The van der Waals surface area contributed by atoms with Crippen molar-refractivity contribution < 1.29 is 4.79 Å². The third-order valence-corrected chi connectivity index (χ3v) is 5.04. The highest BCUT2D eigenvalue weighted by molar-refractivity contribution is 7.16. The number of nitrogens with zero attached hydrogens (tertiary/aromatic N) is 1. The maximum Gasteiger partial charge on any atom is 0.249 e. The van der Waals surface area contributed by atoms with E-state index in [1.165, 1.54) is 23.0 Å². The van der Waals surface area contributed by atoms with Crippen molar-refractivity contribution in [1.29, 1.82) is 5.26 Å². The Kier molecular flexibility index (Phi) is 4.67. The van der Waals surface area contributed by atoms with Crippen LogP contribution in [0.5, 0.6) is 0 Å². The zero-order valence-corrected chi connectivity index (χ0v) is 13.7. The number of carbonyl (C=O) groups is 1. The molecule has 0 aliphatic heterocycles. The van der Waals surface area contributed by atoms with Gasteiger partial charge in [0.2, 0.25) is 5.91 Å². The lowest BCUT2D eigenvalue weighted by atomic mass is 10.2. The van der Waals surface area contributed by atoms with Gasteiger partial charge in [-0.1, -0.05) is 30.3 Å². The van der Waals surface area contributed by atoms with E-state index in [2.05, 4.69) is 17.4 Å². The van der Waals surface area contributed by atoms with Crippen molar-refractivity contribution in [3.05, 3.63) is 70.4 Å². The van der Waals surface area contributed by atoms with E-state index in [1.54, 1.807) is 28.9 Å². The molecule has 2 heterocycles. The lowest BCUT2D eigenvalue weighted by molar-refractivity contribution is -0.111. The van der Waals surface area contributed by atoms with Gasteiger partial charge >= 0.3 is 0 Å². The molecule has 0 saturated carbocycles. The molecule has 2 aromatic heterocycles. The zero-order valence-electron chi connectivity index (χ0n) is 12.0. The van der Waals surface area contributed by atoms with Crippen LogP contribution in [0.4, 0.5) is 5.00 Å². The molecule has 3 rings (SSSR count). The van der Waals surface area contributed by atoms with Crippen LogP contribution in [0.2, 0.25) is 0 Å². The summed E-state index contributed by atoms with van der Waals surface area (Å²) in [5.41, 5.74) is 1.65. The third kappa shape index (κ3) is 3.75. The van der Waals surface area contributed by atoms with Crippen LogP contribution in [0.1, 0.15) is 10.4 Å². The molecule has 5 heteroatoms. The van der Waals surface area contributed by atoms with Gasteiger partial charge in [0, 0.05) is 15.8 Å².